The van der Waals surface area contributed by atoms with Crippen molar-refractivity contribution < 1.29 is 4.39 Å². The molecule has 0 aliphatic heterocycles. The fraction of sp³-hybridized carbons (Fsp3) is 0.556. The lowest BCUT2D eigenvalue weighted by Gasteiger charge is -2.39. The Morgan fingerprint density at radius 3 is 2.57 bits per heavy atom. The molecule has 0 amide bonds. The Hall–Kier alpha value is -1.35. The molecule has 0 saturated carbocycles. The van der Waals surface area contributed by atoms with Gasteiger partial charge in [-0.3, -0.25) is 0 Å². The van der Waals surface area contributed by atoms with Gasteiger partial charge in [-0.25, -0.2) is 4.39 Å². The summed E-state index contributed by atoms with van der Waals surface area (Å²) in [6.07, 6.45) is 2.90. The first-order chi connectivity index (χ1) is 9.82. The fourth-order valence-corrected chi connectivity index (χ4v) is 2.52. The largest absolute Gasteiger partial charge is 0.363 e. The third-order valence-corrected chi connectivity index (χ3v) is 3.58. The van der Waals surface area contributed by atoms with Crippen molar-refractivity contribution >= 4 is 5.69 Å². The van der Waals surface area contributed by atoms with Crippen LogP contribution in [0.1, 0.15) is 52.6 Å². The van der Waals surface area contributed by atoms with Crippen molar-refractivity contribution in [3.63, 3.8) is 0 Å². The number of nitrogens with one attached hydrogen (secondary N) is 1. The topological polar surface area (TPSA) is 15.3 Å². The molecule has 3 heteroatoms. The van der Waals surface area contributed by atoms with Gasteiger partial charge in [-0.05, 0) is 52.8 Å². The second-order valence-electron chi connectivity index (χ2n) is 6.42. The Bertz CT molecular complexity index is 463. The normalized spacial score (nSPS) is 13.0. The molecule has 21 heavy (non-hydrogen) atoms. The molecule has 0 bridgehead atoms. The van der Waals surface area contributed by atoms with Crippen LogP contribution < -0.4 is 10.2 Å². The fourth-order valence-electron chi connectivity index (χ4n) is 2.52. The Balaban J connectivity index is 3.27. The van der Waals surface area contributed by atoms with E-state index in [9.17, 15) is 4.39 Å². The molecule has 0 aromatic heterocycles. The molecule has 0 radical (unpaired) electrons. The first kappa shape index (κ1) is 17.7. The van der Waals surface area contributed by atoms with Gasteiger partial charge in [0.05, 0.1) is 0 Å². The van der Waals surface area contributed by atoms with E-state index in [2.05, 4.69) is 44.5 Å². The smallest absolute Gasteiger partial charge is 0.130 e. The molecule has 0 saturated heterocycles. The van der Waals surface area contributed by atoms with E-state index in [1.165, 1.54) is 6.07 Å². The van der Waals surface area contributed by atoms with Crippen LogP contribution in [0.4, 0.5) is 10.1 Å². The van der Waals surface area contributed by atoms with Gasteiger partial charge in [0, 0.05) is 29.4 Å². The minimum Gasteiger partial charge on any atom is -0.363 e. The molecular formula is C18H29FN2. The summed E-state index contributed by atoms with van der Waals surface area (Å²) in [5, 5.41) is 3.39. The van der Waals surface area contributed by atoms with Gasteiger partial charge >= 0.3 is 0 Å². The van der Waals surface area contributed by atoms with Crippen molar-refractivity contribution in [2.45, 2.75) is 52.6 Å². The van der Waals surface area contributed by atoms with Crippen LogP contribution in [-0.2, 0) is 0 Å². The summed E-state index contributed by atoms with van der Waals surface area (Å²) in [5.41, 5.74) is 1.59. The number of hydrogen-bond acceptors (Lipinski definition) is 2. The Labute approximate surface area is 129 Å². The standard InChI is InChI=1S/C18H29FN2/c1-7-12-20-14(3)17-15(19)10-9-11-16(17)21(13-8-2)18(4,5)6/h8-11,14,20H,2,7,12-13H2,1,3-6H3. The van der Waals surface area contributed by atoms with Crippen LogP contribution in [0.25, 0.3) is 0 Å². The van der Waals surface area contributed by atoms with Crippen LogP contribution >= 0.6 is 0 Å². The number of benzene rings is 1. The SMILES string of the molecule is C=CCN(c1cccc(F)c1C(C)NCCC)C(C)(C)C. The van der Waals surface area contributed by atoms with Gasteiger partial charge in [0.15, 0.2) is 0 Å². The second-order valence-corrected chi connectivity index (χ2v) is 6.42. The summed E-state index contributed by atoms with van der Waals surface area (Å²) in [6.45, 7) is 15.9. The third kappa shape index (κ3) is 4.57. The van der Waals surface area contributed by atoms with Crippen LogP contribution in [0.2, 0.25) is 0 Å². The number of nitrogens with zero attached hydrogens (tertiary/aromatic N) is 1. The Kier molecular flexibility index (Phi) is 6.41. The van der Waals surface area contributed by atoms with Crippen LogP contribution in [0.15, 0.2) is 30.9 Å². The molecule has 2 nitrogen and oxygen atoms in total. The number of halogens is 1. The third-order valence-electron chi connectivity index (χ3n) is 3.58. The predicted octanol–water partition coefficient (Wildman–Crippen LogP) is 4.68. The molecule has 0 aliphatic carbocycles. The summed E-state index contributed by atoms with van der Waals surface area (Å²) >= 11 is 0. The molecule has 0 heterocycles. The molecule has 0 spiro atoms. The molecule has 0 aliphatic rings. The van der Waals surface area contributed by atoms with E-state index in [1.54, 1.807) is 6.07 Å². The van der Waals surface area contributed by atoms with Crippen molar-refractivity contribution in [1.82, 2.24) is 5.32 Å². The number of hydrogen-bond donors (Lipinski definition) is 1. The van der Waals surface area contributed by atoms with E-state index in [0.29, 0.717) is 6.54 Å². The van der Waals surface area contributed by atoms with Crippen molar-refractivity contribution in [2.24, 2.45) is 0 Å². The molecular weight excluding hydrogens is 263 g/mol. The van der Waals surface area contributed by atoms with Gasteiger partial charge in [0.25, 0.3) is 0 Å². The molecule has 1 aromatic carbocycles. The molecule has 1 rings (SSSR count). The van der Waals surface area contributed by atoms with Gasteiger partial charge in [0.1, 0.15) is 5.82 Å². The van der Waals surface area contributed by atoms with E-state index < -0.39 is 0 Å². The highest BCUT2D eigenvalue weighted by atomic mass is 19.1. The lowest BCUT2D eigenvalue weighted by molar-refractivity contribution is 0.498. The quantitative estimate of drug-likeness (QED) is 0.734. The van der Waals surface area contributed by atoms with Crippen molar-refractivity contribution in [3.05, 3.63) is 42.2 Å². The summed E-state index contributed by atoms with van der Waals surface area (Å²) in [7, 11) is 0. The number of anilines is 1. The lowest BCUT2D eigenvalue weighted by atomic mass is 9.99. The molecule has 1 aromatic rings. The van der Waals surface area contributed by atoms with Gasteiger partial charge in [-0.15, -0.1) is 6.58 Å². The maximum Gasteiger partial charge on any atom is 0.130 e. The molecule has 118 valence electrons. The molecule has 1 atom stereocenters. The maximum absolute atomic E-state index is 14.4. The Morgan fingerprint density at radius 1 is 1.38 bits per heavy atom. The van der Waals surface area contributed by atoms with Crippen LogP contribution in [0.5, 0.6) is 0 Å². The highest BCUT2D eigenvalue weighted by Crippen LogP contribution is 2.33. The zero-order valence-electron chi connectivity index (χ0n) is 14.0. The number of rotatable bonds is 7. The average Bonchev–Trinajstić information content (AvgIpc) is 2.40. The van der Waals surface area contributed by atoms with Gasteiger partial charge in [-0.1, -0.05) is 19.1 Å². The van der Waals surface area contributed by atoms with E-state index in [-0.39, 0.29) is 17.4 Å². The predicted molar refractivity (Wildman–Crippen MR) is 90.4 cm³/mol. The lowest BCUT2D eigenvalue weighted by Crippen LogP contribution is -2.42. The monoisotopic (exact) mass is 292 g/mol. The minimum absolute atomic E-state index is 0.0178. The van der Waals surface area contributed by atoms with Crippen molar-refractivity contribution in [3.8, 4) is 0 Å². The molecule has 1 unspecified atom stereocenters. The zero-order chi connectivity index (χ0) is 16.0. The maximum atomic E-state index is 14.4. The van der Waals surface area contributed by atoms with Gasteiger partial charge in [-0.2, -0.15) is 0 Å². The van der Waals surface area contributed by atoms with Crippen molar-refractivity contribution in [1.29, 1.82) is 0 Å². The molecule has 1 N–H and O–H groups in total. The van der Waals surface area contributed by atoms with E-state index in [0.717, 1.165) is 24.2 Å². The summed E-state index contributed by atoms with van der Waals surface area (Å²) in [4.78, 5) is 2.20. The first-order valence-corrected chi connectivity index (χ1v) is 7.73. The van der Waals surface area contributed by atoms with E-state index in [1.807, 2.05) is 19.1 Å². The highest BCUT2D eigenvalue weighted by Gasteiger charge is 2.26. The first-order valence-electron chi connectivity index (χ1n) is 7.73. The summed E-state index contributed by atoms with van der Waals surface area (Å²) in [6, 6.07) is 5.30. The highest BCUT2D eigenvalue weighted by molar-refractivity contribution is 5.57. The van der Waals surface area contributed by atoms with Crippen LogP contribution in [0.3, 0.4) is 0 Å². The molecule has 0 fully saturated rings. The zero-order valence-corrected chi connectivity index (χ0v) is 14.0. The van der Waals surface area contributed by atoms with Gasteiger partial charge < -0.3 is 10.2 Å². The summed E-state index contributed by atoms with van der Waals surface area (Å²) < 4.78 is 14.4. The van der Waals surface area contributed by atoms with E-state index >= 15 is 0 Å². The Morgan fingerprint density at radius 2 is 2.05 bits per heavy atom. The average molecular weight is 292 g/mol. The minimum atomic E-state index is -0.151. The van der Waals surface area contributed by atoms with Crippen LogP contribution in [-0.4, -0.2) is 18.6 Å². The van der Waals surface area contributed by atoms with E-state index in [4.69, 9.17) is 0 Å². The van der Waals surface area contributed by atoms with Crippen LogP contribution in [0, 0.1) is 5.82 Å². The second kappa shape index (κ2) is 7.60. The van der Waals surface area contributed by atoms with Gasteiger partial charge in [0.2, 0.25) is 0 Å². The van der Waals surface area contributed by atoms with Crippen molar-refractivity contribution in [2.75, 3.05) is 18.0 Å². The summed E-state index contributed by atoms with van der Waals surface area (Å²) in [5.74, 6) is -0.151.